The van der Waals surface area contributed by atoms with Gasteiger partial charge in [-0.05, 0) is 50.2 Å². The second-order valence-corrected chi connectivity index (χ2v) is 7.75. The molecule has 3 rings (SSSR count). The first-order valence-corrected chi connectivity index (χ1v) is 9.80. The number of nitrogens with one attached hydrogen (secondary N) is 2. The van der Waals surface area contributed by atoms with Gasteiger partial charge >= 0.3 is 0 Å². The second-order valence-electron chi connectivity index (χ2n) is 6.01. The third-order valence-corrected chi connectivity index (χ3v) is 5.26. The summed E-state index contributed by atoms with van der Waals surface area (Å²) in [4.78, 5) is -0.735. The lowest BCUT2D eigenvalue weighted by atomic mass is 10.3. The Labute approximate surface area is 160 Å². The molecule has 0 aliphatic rings. The summed E-state index contributed by atoms with van der Waals surface area (Å²) in [5.41, 5.74) is 1.79. The molecule has 0 aliphatic carbocycles. The molecule has 8 nitrogen and oxygen atoms in total. The van der Waals surface area contributed by atoms with Crippen molar-refractivity contribution in [3.05, 3.63) is 59.4 Å². The van der Waals surface area contributed by atoms with E-state index in [9.17, 15) is 17.2 Å². The van der Waals surface area contributed by atoms with Crippen LogP contribution in [0.1, 0.15) is 11.4 Å². The van der Waals surface area contributed by atoms with Crippen molar-refractivity contribution in [2.24, 2.45) is 0 Å². The Morgan fingerprint density at radius 3 is 2.46 bits per heavy atom. The third kappa shape index (κ3) is 4.49. The summed E-state index contributed by atoms with van der Waals surface area (Å²) in [6.07, 6.45) is 0. The molecular weight excluding hydrogens is 390 g/mol. The highest BCUT2D eigenvalue weighted by atomic mass is 32.2. The minimum Gasteiger partial charge on any atom is -0.367 e. The standard InChI is InChI=1S/C17H18F2N6O2S/c1-11-9-12(2)25(24-11)17-6-5-16(22-23-17)20-7-8-21-28(26,27)15-10-13(18)3-4-14(15)19/h3-6,9-10,21H,7-8H2,1-2H3,(H,20,22). The summed E-state index contributed by atoms with van der Waals surface area (Å²) in [7, 11) is -4.17. The largest absolute Gasteiger partial charge is 0.367 e. The molecule has 1 aromatic carbocycles. The van der Waals surface area contributed by atoms with E-state index in [-0.39, 0.29) is 13.1 Å². The number of halogens is 2. The third-order valence-electron chi connectivity index (χ3n) is 3.78. The maximum absolute atomic E-state index is 13.6. The van der Waals surface area contributed by atoms with Crippen LogP contribution in [0.3, 0.4) is 0 Å². The Bertz CT molecular complexity index is 1080. The van der Waals surface area contributed by atoms with Gasteiger partial charge in [-0.15, -0.1) is 10.2 Å². The molecule has 11 heteroatoms. The first kappa shape index (κ1) is 19.8. The number of hydrogen-bond donors (Lipinski definition) is 2. The van der Waals surface area contributed by atoms with Crippen molar-refractivity contribution in [3.8, 4) is 5.82 Å². The predicted molar refractivity (Wildman–Crippen MR) is 98.7 cm³/mol. The van der Waals surface area contributed by atoms with E-state index in [1.54, 1.807) is 16.8 Å². The van der Waals surface area contributed by atoms with Crippen molar-refractivity contribution < 1.29 is 17.2 Å². The van der Waals surface area contributed by atoms with Crippen LogP contribution in [-0.2, 0) is 10.0 Å². The molecule has 0 aliphatic heterocycles. The van der Waals surface area contributed by atoms with Crippen molar-refractivity contribution >= 4 is 15.8 Å². The molecular formula is C17H18F2N6O2S. The number of hydrogen-bond acceptors (Lipinski definition) is 6. The van der Waals surface area contributed by atoms with E-state index in [2.05, 4.69) is 25.3 Å². The van der Waals surface area contributed by atoms with E-state index < -0.39 is 26.6 Å². The first-order chi connectivity index (χ1) is 13.3. The highest BCUT2D eigenvalue weighted by Gasteiger charge is 2.19. The average Bonchev–Trinajstić information content (AvgIpc) is 2.99. The number of benzene rings is 1. The Kier molecular flexibility index (Phi) is 5.66. The molecule has 0 fully saturated rings. The SMILES string of the molecule is Cc1cc(C)n(-c2ccc(NCCNS(=O)(=O)c3cc(F)ccc3F)nn2)n1. The van der Waals surface area contributed by atoms with Crippen molar-refractivity contribution in [2.45, 2.75) is 18.7 Å². The van der Waals surface area contributed by atoms with Crippen LogP contribution in [-0.4, -0.2) is 41.5 Å². The highest BCUT2D eigenvalue weighted by Crippen LogP contribution is 2.15. The molecule has 148 valence electrons. The van der Waals surface area contributed by atoms with Gasteiger partial charge in [0.2, 0.25) is 10.0 Å². The van der Waals surface area contributed by atoms with Gasteiger partial charge in [0.1, 0.15) is 22.3 Å². The summed E-state index contributed by atoms with van der Waals surface area (Å²) in [6.45, 7) is 3.90. The number of aryl methyl sites for hydroxylation is 2. The normalized spacial score (nSPS) is 11.6. The molecule has 0 saturated heterocycles. The summed E-state index contributed by atoms with van der Waals surface area (Å²) in [5, 5.41) is 15.3. The van der Waals surface area contributed by atoms with Gasteiger partial charge in [-0.25, -0.2) is 26.6 Å². The van der Waals surface area contributed by atoms with Crippen molar-refractivity contribution in [1.82, 2.24) is 24.7 Å². The lowest BCUT2D eigenvalue weighted by molar-refractivity contribution is 0.546. The monoisotopic (exact) mass is 408 g/mol. The van der Waals surface area contributed by atoms with Gasteiger partial charge in [0.15, 0.2) is 5.82 Å². The molecule has 0 spiro atoms. The van der Waals surface area contributed by atoms with Crippen molar-refractivity contribution in [1.29, 1.82) is 0 Å². The molecule has 0 atom stereocenters. The van der Waals surface area contributed by atoms with Crippen LogP contribution in [0, 0.1) is 25.5 Å². The fraction of sp³-hybridized carbons (Fsp3) is 0.235. The van der Waals surface area contributed by atoms with Crippen LogP contribution in [0.5, 0.6) is 0 Å². The fourth-order valence-electron chi connectivity index (χ4n) is 2.53. The highest BCUT2D eigenvalue weighted by molar-refractivity contribution is 7.89. The topological polar surface area (TPSA) is 102 Å². The van der Waals surface area contributed by atoms with Gasteiger partial charge < -0.3 is 5.32 Å². The molecule has 0 bridgehead atoms. The molecule has 0 unspecified atom stereocenters. The fourth-order valence-corrected chi connectivity index (χ4v) is 3.65. The zero-order valence-corrected chi connectivity index (χ0v) is 16.0. The Morgan fingerprint density at radius 1 is 1.04 bits per heavy atom. The maximum atomic E-state index is 13.6. The van der Waals surface area contributed by atoms with E-state index in [1.165, 1.54) is 0 Å². The van der Waals surface area contributed by atoms with Crippen molar-refractivity contribution in [2.75, 3.05) is 18.4 Å². The average molecular weight is 408 g/mol. The Hall–Kier alpha value is -2.92. The van der Waals surface area contributed by atoms with E-state index in [0.717, 1.165) is 23.5 Å². The number of rotatable bonds is 7. The summed E-state index contributed by atoms with van der Waals surface area (Å²) >= 11 is 0. The lowest BCUT2D eigenvalue weighted by Crippen LogP contribution is -2.29. The smallest absolute Gasteiger partial charge is 0.243 e. The Morgan fingerprint density at radius 2 is 1.82 bits per heavy atom. The lowest BCUT2D eigenvalue weighted by Gasteiger charge is -2.09. The van der Waals surface area contributed by atoms with Gasteiger partial charge in [0.25, 0.3) is 0 Å². The quantitative estimate of drug-likeness (QED) is 0.580. The molecule has 3 aromatic rings. The predicted octanol–water partition coefficient (Wildman–Crippen LogP) is 1.95. The van der Waals surface area contributed by atoms with Crippen molar-refractivity contribution in [3.63, 3.8) is 0 Å². The molecule has 2 N–H and O–H groups in total. The summed E-state index contributed by atoms with van der Waals surface area (Å²) < 4.78 is 54.8. The van der Waals surface area contributed by atoms with Crippen LogP contribution in [0.2, 0.25) is 0 Å². The molecule has 28 heavy (non-hydrogen) atoms. The minimum absolute atomic E-state index is 0.0564. The molecule has 0 amide bonds. The van der Waals surface area contributed by atoms with Gasteiger partial charge in [0, 0.05) is 18.8 Å². The number of nitrogens with zero attached hydrogens (tertiary/aromatic N) is 4. The maximum Gasteiger partial charge on any atom is 0.243 e. The van der Waals surface area contributed by atoms with E-state index in [1.807, 2.05) is 19.9 Å². The number of aromatic nitrogens is 4. The van der Waals surface area contributed by atoms with Gasteiger partial charge in [-0.1, -0.05) is 0 Å². The zero-order valence-electron chi connectivity index (χ0n) is 15.1. The van der Waals surface area contributed by atoms with Crippen LogP contribution >= 0.6 is 0 Å². The van der Waals surface area contributed by atoms with E-state index in [0.29, 0.717) is 17.7 Å². The first-order valence-electron chi connectivity index (χ1n) is 8.32. The van der Waals surface area contributed by atoms with Crippen LogP contribution in [0.4, 0.5) is 14.6 Å². The van der Waals surface area contributed by atoms with Gasteiger partial charge in [-0.2, -0.15) is 5.10 Å². The second kappa shape index (κ2) is 7.98. The molecule has 0 saturated carbocycles. The van der Waals surface area contributed by atoms with Crippen LogP contribution in [0.25, 0.3) is 5.82 Å². The molecule has 2 aromatic heterocycles. The summed E-state index contributed by atoms with van der Waals surface area (Å²) in [5.74, 6) is -0.870. The Balaban J connectivity index is 1.56. The number of anilines is 1. The molecule has 0 radical (unpaired) electrons. The zero-order chi connectivity index (χ0) is 20.3. The van der Waals surface area contributed by atoms with E-state index in [4.69, 9.17) is 0 Å². The van der Waals surface area contributed by atoms with Crippen LogP contribution < -0.4 is 10.0 Å². The molecule has 2 heterocycles. The number of sulfonamides is 1. The summed E-state index contributed by atoms with van der Waals surface area (Å²) in [6, 6.07) is 7.57. The van der Waals surface area contributed by atoms with Crippen LogP contribution in [0.15, 0.2) is 41.3 Å². The minimum atomic E-state index is -4.17. The van der Waals surface area contributed by atoms with Gasteiger partial charge in [-0.3, -0.25) is 0 Å². The van der Waals surface area contributed by atoms with E-state index >= 15 is 0 Å². The van der Waals surface area contributed by atoms with Gasteiger partial charge in [0.05, 0.1) is 5.69 Å².